The number of aromatic nitrogens is 1. The van der Waals surface area contributed by atoms with E-state index in [1.54, 1.807) is 24.4 Å². The summed E-state index contributed by atoms with van der Waals surface area (Å²) in [6.07, 6.45) is 4.53. The van der Waals surface area contributed by atoms with E-state index in [0.717, 1.165) is 0 Å². The quantitative estimate of drug-likeness (QED) is 0.602. The molecule has 24 heavy (non-hydrogen) atoms. The lowest BCUT2D eigenvalue weighted by molar-refractivity contribution is 0.0954. The number of methoxy groups -OCH3 is 3. The zero-order chi connectivity index (χ0) is 17.5. The molecule has 0 aliphatic carbocycles. The molecular weight excluding hydrogens is 378 g/mol. The van der Waals surface area contributed by atoms with Crippen molar-refractivity contribution in [2.45, 2.75) is 0 Å². The lowest BCUT2D eigenvalue weighted by Crippen LogP contribution is -2.17. The number of amides is 1. The Labute approximate surface area is 147 Å². The highest BCUT2D eigenvalue weighted by Crippen LogP contribution is 2.37. The molecule has 7 nitrogen and oxygen atoms in total. The van der Waals surface area contributed by atoms with Gasteiger partial charge in [-0.15, -0.1) is 0 Å². The molecule has 8 heteroatoms. The van der Waals surface area contributed by atoms with Gasteiger partial charge in [-0.05, 0) is 34.1 Å². The highest BCUT2D eigenvalue weighted by molar-refractivity contribution is 9.10. The smallest absolute Gasteiger partial charge is 0.272 e. The van der Waals surface area contributed by atoms with Crippen LogP contribution in [0.3, 0.4) is 0 Å². The number of ether oxygens (including phenoxy) is 3. The summed E-state index contributed by atoms with van der Waals surface area (Å²) in [5.74, 6) is 1.12. The van der Waals surface area contributed by atoms with Crippen LogP contribution in [0.25, 0.3) is 0 Å². The van der Waals surface area contributed by atoms with Crippen molar-refractivity contribution in [2.24, 2.45) is 5.10 Å². The summed E-state index contributed by atoms with van der Waals surface area (Å²) in [6, 6.07) is 5.09. The maximum atomic E-state index is 12.0. The fraction of sp³-hybridized carbons (Fsp3) is 0.188. The Morgan fingerprint density at radius 3 is 2.33 bits per heavy atom. The van der Waals surface area contributed by atoms with Gasteiger partial charge in [0.1, 0.15) is 0 Å². The van der Waals surface area contributed by atoms with E-state index < -0.39 is 0 Å². The summed E-state index contributed by atoms with van der Waals surface area (Å²) < 4.78 is 16.5. The molecule has 1 aromatic heterocycles. The van der Waals surface area contributed by atoms with E-state index in [0.29, 0.717) is 32.8 Å². The fourth-order valence-electron chi connectivity index (χ4n) is 1.94. The SMILES string of the molecule is COc1cc(C=NNC(=O)c2cncc(Br)c2)cc(OC)c1OC. The van der Waals surface area contributed by atoms with Crippen LogP contribution >= 0.6 is 15.9 Å². The summed E-state index contributed by atoms with van der Waals surface area (Å²) in [7, 11) is 4.58. The molecule has 0 unspecified atom stereocenters. The Morgan fingerprint density at radius 2 is 1.79 bits per heavy atom. The molecule has 0 fully saturated rings. The molecule has 0 spiro atoms. The van der Waals surface area contributed by atoms with E-state index in [9.17, 15) is 4.79 Å². The highest BCUT2D eigenvalue weighted by Gasteiger charge is 2.12. The Hall–Kier alpha value is -2.61. The van der Waals surface area contributed by atoms with Crippen molar-refractivity contribution in [3.63, 3.8) is 0 Å². The van der Waals surface area contributed by atoms with Gasteiger partial charge < -0.3 is 14.2 Å². The summed E-state index contributed by atoms with van der Waals surface area (Å²) in [5, 5.41) is 3.93. The fourth-order valence-corrected chi connectivity index (χ4v) is 2.31. The second-order valence-electron chi connectivity index (χ2n) is 4.55. The Morgan fingerprint density at radius 1 is 1.12 bits per heavy atom. The van der Waals surface area contributed by atoms with E-state index in [1.807, 2.05) is 0 Å². The average Bonchev–Trinajstić information content (AvgIpc) is 2.60. The second kappa shape index (κ2) is 8.30. The van der Waals surface area contributed by atoms with E-state index in [-0.39, 0.29) is 5.91 Å². The number of carbonyl (C=O) groups is 1. The molecule has 0 saturated carbocycles. The molecule has 0 radical (unpaired) electrons. The van der Waals surface area contributed by atoms with Crippen LogP contribution in [0.1, 0.15) is 15.9 Å². The molecule has 0 saturated heterocycles. The van der Waals surface area contributed by atoms with Crippen LogP contribution in [0, 0.1) is 0 Å². The van der Waals surface area contributed by atoms with Crippen LogP contribution < -0.4 is 19.6 Å². The number of benzene rings is 1. The third-order valence-electron chi connectivity index (χ3n) is 3.03. The maximum absolute atomic E-state index is 12.0. The van der Waals surface area contributed by atoms with Crippen molar-refractivity contribution < 1.29 is 19.0 Å². The zero-order valence-corrected chi connectivity index (χ0v) is 15.0. The first-order valence-corrected chi connectivity index (χ1v) is 7.62. The van der Waals surface area contributed by atoms with Crippen LogP contribution in [-0.4, -0.2) is 38.4 Å². The molecular formula is C16H16BrN3O4. The van der Waals surface area contributed by atoms with E-state index in [1.165, 1.54) is 33.7 Å². The van der Waals surface area contributed by atoms with E-state index in [2.05, 4.69) is 31.4 Å². The van der Waals surface area contributed by atoms with Gasteiger partial charge in [0.15, 0.2) is 11.5 Å². The predicted molar refractivity (Wildman–Crippen MR) is 93.1 cm³/mol. The van der Waals surface area contributed by atoms with Crippen LogP contribution in [-0.2, 0) is 0 Å². The van der Waals surface area contributed by atoms with Crippen LogP contribution in [0.2, 0.25) is 0 Å². The van der Waals surface area contributed by atoms with Crippen molar-refractivity contribution >= 4 is 28.1 Å². The number of halogens is 1. The number of hydrogen-bond acceptors (Lipinski definition) is 6. The first kappa shape index (κ1) is 17.7. The third-order valence-corrected chi connectivity index (χ3v) is 3.47. The molecule has 0 bridgehead atoms. The Balaban J connectivity index is 2.15. The number of rotatable bonds is 6. The van der Waals surface area contributed by atoms with Gasteiger partial charge in [-0.2, -0.15) is 5.10 Å². The van der Waals surface area contributed by atoms with Gasteiger partial charge in [0.25, 0.3) is 5.91 Å². The number of pyridine rings is 1. The highest BCUT2D eigenvalue weighted by atomic mass is 79.9. The summed E-state index contributed by atoms with van der Waals surface area (Å²) in [4.78, 5) is 15.9. The summed E-state index contributed by atoms with van der Waals surface area (Å²) in [5.41, 5.74) is 3.51. The minimum Gasteiger partial charge on any atom is -0.493 e. The van der Waals surface area contributed by atoms with Gasteiger partial charge in [0.2, 0.25) is 5.75 Å². The Kier molecular flexibility index (Phi) is 6.14. The monoisotopic (exact) mass is 393 g/mol. The number of hydrazone groups is 1. The lowest BCUT2D eigenvalue weighted by Gasteiger charge is -2.12. The predicted octanol–water partition coefficient (Wildman–Crippen LogP) is 2.63. The maximum Gasteiger partial charge on any atom is 0.272 e. The topological polar surface area (TPSA) is 82.0 Å². The molecule has 0 aliphatic heterocycles. The van der Waals surface area contributed by atoms with Crippen molar-refractivity contribution in [2.75, 3.05) is 21.3 Å². The Bertz CT molecular complexity index is 740. The summed E-state index contributed by atoms with van der Waals surface area (Å²) in [6.45, 7) is 0. The first-order valence-electron chi connectivity index (χ1n) is 6.83. The summed E-state index contributed by atoms with van der Waals surface area (Å²) >= 11 is 3.26. The van der Waals surface area contributed by atoms with E-state index in [4.69, 9.17) is 14.2 Å². The standard InChI is InChI=1S/C16H16BrN3O4/c1-22-13-4-10(5-14(23-2)15(13)24-3)7-19-20-16(21)11-6-12(17)9-18-8-11/h4-9H,1-3H3,(H,20,21). The number of nitrogens with one attached hydrogen (secondary N) is 1. The van der Waals surface area contributed by atoms with Crippen molar-refractivity contribution in [3.8, 4) is 17.2 Å². The van der Waals surface area contributed by atoms with Gasteiger partial charge in [0.05, 0.1) is 33.1 Å². The molecule has 0 aliphatic rings. The van der Waals surface area contributed by atoms with Crippen LogP contribution in [0.4, 0.5) is 0 Å². The van der Waals surface area contributed by atoms with Gasteiger partial charge in [0, 0.05) is 22.4 Å². The van der Waals surface area contributed by atoms with Gasteiger partial charge in [-0.1, -0.05) is 0 Å². The lowest BCUT2D eigenvalue weighted by atomic mass is 10.2. The van der Waals surface area contributed by atoms with Crippen molar-refractivity contribution in [3.05, 3.63) is 46.2 Å². The molecule has 1 heterocycles. The van der Waals surface area contributed by atoms with Crippen LogP contribution in [0.5, 0.6) is 17.2 Å². The van der Waals surface area contributed by atoms with E-state index >= 15 is 0 Å². The number of nitrogens with zero attached hydrogens (tertiary/aromatic N) is 2. The normalized spacial score (nSPS) is 10.5. The van der Waals surface area contributed by atoms with Crippen molar-refractivity contribution in [1.82, 2.24) is 10.4 Å². The van der Waals surface area contributed by atoms with Gasteiger partial charge >= 0.3 is 0 Å². The molecule has 2 aromatic rings. The molecule has 1 N–H and O–H groups in total. The zero-order valence-electron chi connectivity index (χ0n) is 13.4. The van der Waals surface area contributed by atoms with Gasteiger partial charge in [-0.3, -0.25) is 9.78 Å². The third kappa shape index (κ3) is 4.23. The molecule has 1 aromatic carbocycles. The first-order chi connectivity index (χ1) is 11.6. The molecule has 0 atom stereocenters. The average molecular weight is 394 g/mol. The molecule has 1 amide bonds. The molecule has 2 rings (SSSR count). The van der Waals surface area contributed by atoms with Crippen molar-refractivity contribution in [1.29, 1.82) is 0 Å². The minimum atomic E-state index is -0.368. The van der Waals surface area contributed by atoms with Gasteiger partial charge in [-0.25, -0.2) is 5.43 Å². The number of carbonyl (C=O) groups excluding carboxylic acids is 1. The molecule has 126 valence electrons. The minimum absolute atomic E-state index is 0.368. The second-order valence-corrected chi connectivity index (χ2v) is 5.47. The largest absolute Gasteiger partial charge is 0.493 e. The number of hydrogen-bond donors (Lipinski definition) is 1. The van der Waals surface area contributed by atoms with Crippen LogP contribution in [0.15, 0.2) is 40.2 Å².